The summed E-state index contributed by atoms with van der Waals surface area (Å²) >= 11 is 0. The van der Waals surface area contributed by atoms with Crippen LogP contribution in [0.3, 0.4) is 0 Å². The third-order valence-corrected chi connectivity index (χ3v) is 4.96. The van der Waals surface area contributed by atoms with Gasteiger partial charge in [-0.1, -0.05) is 6.92 Å². The molecule has 0 saturated carbocycles. The van der Waals surface area contributed by atoms with Crippen molar-refractivity contribution >= 4 is 5.91 Å². The van der Waals surface area contributed by atoms with Gasteiger partial charge in [0.25, 0.3) is 5.91 Å². The Hall–Kier alpha value is -1.36. The Labute approximate surface area is 126 Å². The molecule has 0 radical (unpaired) electrons. The molecule has 21 heavy (non-hydrogen) atoms. The molecular formula is C16H26N4O. The molecular weight excluding hydrogens is 264 g/mol. The van der Waals surface area contributed by atoms with Crippen LogP contribution in [0, 0.1) is 5.92 Å². The Morgan fingerprint density at radius 1 is 1.38 bits per heavy atom. The Kier molecular flexibility index (Phi) is 4.29. The molecule has 2 aliphatic heterocycles. The number of nitrogens with zero attached hydrogens (tertiary/aromatic N) is 3. The van der Waals surface area contributed by atoms with E-state index in [9.17, 15) is 4.79 Å². The summed E-state index contributed by atoms with van der Waals surface area (Å²) in [6.07, 6.45) is 7.40. The third kappa shape index (κ3) is 2.84. The Morgan fingerprint density at radius 2 is 2.14 bits per heavy atom. The predicted molar refractivity (Wildman–Crippen MR) is 82.2 cm³/mol. The van der Waals surface area contributed by atoms with Crippen molar-refractivity contribution in [3.8, 4) is 0 Å². The molecule has 1 N–H and O–H groups in total. The van der Waals surface area contributed by atoms with Crippen molar-refractivity contribution in [1.29, 1.82) is 0 Å². The van der Waals surface area contributed by atoms with Crippen molar-refractivity contribution in [2.24, 2.45) is 13.0 Å². The van der Waals surface area contributed by atoms with Crippen LogP contribution in [-0.2, 0) is 13.5 Å². The van der Waals surface area contributed by atoms with E-state index in [1.54, 1.807) is 4.68 Å². The predicted octanol–water partition coefficient (Wildman–Crippen LogP) is 1.59. The van der Waals surface area contributed by atoms with Gasteiger partial charge in [-0.15, -0.1) is 0 Å². The molecule has 1 amide bonds. The molecule has 0 bridgehead atoms. The van der Waals surface area contributed by atoms with Crippen molar-refractivity contribution in [2.75, 3.05) is 19.6 Å². The van der Waals surface area contributed by atoms with E-state index < -0.39 is 0 Å². The number of hydrogen-bond donors (Lipinski definition) is 1. The van der Waals surface area contributed by atoms with Crippen molar-refractivity contribution < 1.29 is 4.79 Å². The maximum atomic E-state index is 13.0. The fourth-order valence-electron chi connectivity index (χ4n) is 3.89. The minimum Gasteiger partial charge on any atom is -0.335 e. The Bertz CT molecular complexity index is 504. The first-order valence-corrected chi connectivity index (χ1v) is 8.25. The number of likely N-dealkylation sites (tertiary alicyclic amines) is 1. The second kappa shape index (κ2) is 6.18. The van der Waals surface area contributed by atoms with E-state index in [0.717, 1.165) is 50.2 Å². The number of amides is 1. The van der Waals surface area contributed by atoms with E-state index in [2.05, 4.69) is 22.2 Å². The van der Waals surface area contributed by atoms with Crippen LogP contribution in [0.5, 0.6) is 0 Å². The van der Waals surface area contributed by atoms with Crippen molar-refractivity contribution in [3.63, 3.8) is 0 Å². The number of aromatic nitrogens is 2. The second-order valence-electron chi connectivity index (χ2n) is 6.31. The molecule has 3 rings (SSSR count). The van der Waals surface area contributed by atoms with Gasteiger partial charge in [-0.2, -0.15) is 5.10 Å². The van der Waals surface area contributed by atoms with Gasteiger partial charge in [-0.05, 0) is 51.1 Å². The van der Waals surface area contributed by atoms with Crippen LogP contribution in [0.4, 0.5) is 0 Å². The number of hydrogen-bond acceptors (Lipinski definition) is 3. The van der Waals surface area contributed by atoms with Crippen molar-refractivity contribution in [2.45, 2.75) is 45.1 Å². The standard InChI is InChI=1S/C16H26N4O/c1-3-14-13(11-19(2)18-14)16(21)20-10-4-5-15(20)12-6-8-17-9-7-12/h11-12,15,17H,3-10H2,1-2H3. The molecule has 1 unspecified atom stereocenters. The van der Waals surface area contributed by atoms with Crippen LogP contribution in [0.25, 0.3) is 0 Å². The van der Waals surface area contributed by atoms with Gasteiger partial charge in [-0.25, -0.2) is 0 Å². The van der Waals surface area contributed by atoms with Crippen LogP contribution in [0.15, 0.2) is 6.20 Å². The highest BCUT2D eigenvalue weighted by Crippen LogP contribution is 2.31. The maximum absolute atomic E-state index is 13.0. The number of rotatable bonds is 3. The number of piperidine rings is 1. The maximum Gasteiger partial charge on any atom is 0.257 e. The molecule has 1 aromatic rings. The number of carbonyl (C=O) groups excluding carboxylic acids is 1. The average Bonchev–Trinajstić information content (AvgIpc) is 3.13. The Morgan fingerprint density at radius 3 is 2.86 bits per heavy atom. The van der Waals surface area contributed by atoms with Crippen LogP contribution in [-0.4, -0.2) is 46.3 Å². The molecule has 5 heteroatoms. The summed E-state index contributed by atoms with van der Waals surface area (Å²) in [5.41, 5.74) is 1.74. The van der Waals surface area contributed by atoms with Crippen LogP contribution < -0.4 is 5.32 Å². The fraction of sp³-hybridized carbons (Fsp3) is 0.750. The monoisotopic (exact) mass is 290 g/mol. The first-order chi connectivity index (χ1) is 10.2. The summed E-state index contributed by atoms with van der Waals surface area (Å²) in [6.45, 7) is 5.16. The van der Waals surface area contributed by atoms with Gasteiger partial charge in [0, 0.05) is 25.8 Å². The van der Waals surface area contributed by atoms with Crippen LogP contribution >= 0.6 is 0 Å². The SMILES string of the molecule is CCc1nn(C)cc1C(=O)N1CCCC1C1CCNCC1. The molecule has 2 fully saturated rings. The summed E-state index contributed by atoms with van der Waals surface area (Å²) < 4.78 is 1.77. The highest BCUT2D eigenvalue weighted by Gasteiger charge is 2.36. The van der Waals surface area contributed by atoms with E-state index in [1.807, 2.05) is 13.2 Å². The fourth-order valence-corrected chi connectivity index (χ4v) is 3.89. The van der Waals surface area contributed by atoms with E-state index >= 15 is 0 Å². The van der Waals surface area contributed by atoms with Gasteiger partial charge >= 0.3 is 0 Å². The summed E-state index contributed by atoms with van der Waals surface area (Å²) in [5.74, 6) is 0.862. The van der Waals surface area contributed by atoms with Gasteiger partial charge < -0.3 is 10.2 Å². The van der Waals surface area contributed by atoms with E-state index in [1.165, 1.54) is 12.8 Å². The molecule has 0 spiro atoms. The van der Waals surface area contributed by atoms with E-state index in [4.69, 9.17) is 0 Å². The van der Waals surface area contributed by atoms with Gasteiger partial charge in [0.1, 0.15) is 0 Å². The molecule has 116 valence electrons. The number of carbonyl (C=O) groups is 1. The largest absolute Gasteiger partial charge is 0.335 e. The molecule has 1 atom stereocenters. The lowest BCUT2D eigenvalue weighted by Gasteiger charge is -2.34. The Balaban J connectivity index is 1.79. The van der Waals surface area contributed by atoms with E-state index in [0.29, 0.717) is 12.0 Å². The minimum absolute atomic E-state index is 0.195. The smallest absolute Gasteiger partial charge is 0.257 e. The minimum atomic E-state index is 0.195. The molecule has 1 aromatic heterocycles. The number of nitrogens with one attached hydrogen (secondary N) is 1. The van der Waals surface area contributed by atoms with Crippen molar-refractivity contribution in [1.82, 2.24) is 20.0 Å². The molecule has 2 aliphatic rings. The average molecular weight is 290 g/mol. The van der Waals surface area contributed by atoms with Gasteiger partial charge in [-0.3, -0.25) is 9.48 Å². The summed E-state index contributed by atoms with van der Waals surface area (Å²) in [6, 6.07) is 0.435. The normalized spacial score (nSPS) is 23.7. The zero-order chi connectivity index (χ0) is 14.8. The molecule has 0 aliphatic carbocycles. The van der Waals surface area contributed by atoms with Crippen LogP contribution in [0.2, 0.25) is 0 Å². The molecule has 2 saturated heterocycles. The van der Waals surface area contributed by atoms with Gasteiger partial charge in [0.2, 0.25) is 0 Å². The first kappa shape index (κ1) is 14.6. The summed E-state index contributed by atoms with van der Waals surface area (Å²) in [7, 11) is 1.89. The topological polar surface area (TPSA) is 50.2 Å². The highest BCUT2D eigenvalue weighted by atomic mass is 16.2. The van der Waals surface area contributed by atoms with E-state index in [-0.39, 0.29) is 5.91 Å². The molecule has 0 aromatic carbocycles. The zero-order valence-electron chi connectivity index (χ0n) is 13.1. The van der Waals surface area contributed by atoms with Gasteiger partial charge in [0.05, 0.1) is 11.3 Å². The quantitative estimate of drug-likeness (QED) is 0.919. The number of aryl methyl sites for hydroxylation is 2. The van der Waals surface area contributed by atoms with Gasteiger partial charge in [0.15, 0.2) is 0 Å². The lowest BCUT2D eigenvalue weighted by molar-refractivity contribution is 0.0665. The second-order valence-corrected chi connectivity index (χ2v) is 6.31. The summed E-state index contributed by atoms with van der Waals surface area (Å²) in [5, 5.41) is 7.84. The zero-order valence-corrected chi connectivity index (χ0v) is 13.1. The van der Waals surface area contributed by atoms with Crippen LogP contribution in [0.1, 0.15) is 48.7 Å². The van der Waals surface area contributed by atoms with Crippen molar-refractivity contribution in [3.05, 3.63) is 17.5 Å². The highest BCUT2D eigenvalue weighted by molar-refractivity contribution is 5.95. The molecule has 3 heterocycles. The lowest BCUT2D eigenvalue weighted by Crippen LogP contribution is -2.44. The molecule has 5 nitrogen and oxygen atoms in total. The third-order valence-electron chi connectivity index (χ3n) is 4.96. The first-order valence-electron chi connectivity index (χ1n) is 8.25. The lowest BCUT2D eigenvalue weighted by atomic mass is 9.88. The summed E-state index contributed by atoms with van der Waals surface area (Å²) in [4.78, 5) is 15.1.